The molecule has 1 aromatic heterocycles. The molecule has 0 radical (unpaired) electrons. The third-order valence-corrected chi connectivity index (χ3v) is 4.20. The second kappa shape index (κ2) is 9.12. The van der Waals surface area contributed by atoms with E-state index in [2.05, 4.69) is 20.0 Å². The molecule has 2 N–H and O–H groups in total. The van der Waals surface area contributed by atoms with E-state index in [-0.39, 0.29) is 30.0 Å². The van der Waals surface area contributed by atoms with Crippen LogP contribution in [-0.2, 0) is 11.3 Å². The Bertz CT molecular complexity index is 1130. The first kappa shape index (κ1) is 20.9. The van der Waals surface area contributed by atoms with Gasteiger partial charge in [0.25, 0.3) is 11.5 Å². The molecule has 0 aliphatic rings. The lowest BCUT2D eigenvalue weighted by molar-refractivity contribution is -0.129. The van der Waals surface area contributed by atoms with Gasteiger partial charge >= 0.3 is 6.61 Å². The fraction of sp³-hybridized carbons (Fsp3) is 0.200. The van der Waals surface area contributed by atoms with E-state index in [1.54, 1.807) is 24.3 Å². The lowest BCUT2D eigenvalue weighted by Gasteiger charge is -2.17. The average molecular weight is 416 g/mol. The molecule has 2 amide bonds. The molecular weight excluding hydrogens is 398 g/mol. The van der Waals surface area contributed by atoms with E-state index in [1.807, 2.05) is 0 Å². The van der Waals surface area contributed by atoms with Crippen molar-refractivity contribution in [1.29, 1.82) is 0 Å². The highest BCUT2D eigenvalue weighted by Gasteiger charge is 2.15. The van der Waals surface area contributed by atoms with Gasteiger partial charge in [0, 0.05) is 12.6 Å². The number of nitrogens with zero attached hydrogens (tertiary/aromatic N) is 2. The zero-order valence-corrected chi connectivity index (χ0v) is 15.9. The molecule has 0 spiro atoms. The molecule has 156 valence electrons. The normalized spacial score (nSPS) is 10.8. The molecule has 0 unspecified atom stereocenters. The molecule has 1 heterocycles. The lowest BCUT2D eigenvalue weighted by Crippen LogP contribution is -2.38. The summed E-state index contributed by atoms with van der Waals surface area (Å²) in [6, 6.07) is 12.1. The minimum Gasteiger partial charge on any atom is -0.435 e. The van der Waals surface area contributed by atoms with Gasteiger partial charge in [-0.05, 0) is 30.3 Å². The molecule has 8 nitrogen and oxygen atoms in total. The van der Waals surface area contributed by atoms with Crippen LogP contribution in [0.15, 0.2) is 53.3 Å². The summed E-state index contributed by atoms with van der Waals surface area (Å²) in [5.41, 5.74) is 0.274. The molecule has 0 bridgehead atoms. The molecule has 0 aliphatic carbocycles. The first-order chi connectivity index (χ1) is 14.3. The minimum absolute atomic E-state index is 0.0342. The molecule has 0 saturated carbocycles. The predicted molar refractivity (Wildman–Crippen MR) is 104 cm³/mol. The molecule has 0 saturated heterocycles. The lowest BCUT2D eigenvalue weighted by atomic mass is 10.2. The number of aromatic amines is 1. The number of carbonyl (C=O) groups excluding carboxylic acids is 2. The number of ether oxygens (including phenoxy) is 1. The number of nitrogens with one attached hydrogen (secondary N) is 2. The number of hydrogen-bond donors (Lipinski definition) is 2. The van der Waals surface area contributed by atoms with Gasteiger partial charge in [0.2, 0.25) is 5.91 Å². The Morgan fingerprint density at radius 1 is 1.20 bits per heavy atom. The highest BCUT2D eigenvalue weighted by Crippen LogP contribution is 2.15. The molecule has 0 atom stereocenters. The maximum Gasteiger partial charge on any atom is 0.387 e. The Morgan fingerprint density at radius 2 is 1.97 bits per heavy atom. The molecule has 30 heavy (non-hydrogen) atoms. The molecular formula is C20H18F2N4O4. The number of fused-ring (bicyclic) bond motifs is 1. The highest BCUT2D eigenvalue weighted by atomic mass is 19.3. The Balaban J connectivity index is 1.59. The van der Waals surface area contributed by atoms with E-state index in [4.69, 9.17) is 0 Å². The molecule has 0 fully saturated rings. The number of carbonyl (C=O) groups is 2. The van der Waals surface area contributed by atoms with Gasteiger partial charge in [0.1, 0.15) is 11.6 Å². The van der Waals surface area contributed by atoms with Crippen LogP contribution < -0.4 is 15.6 Å². The maximum atomic E-state index is 12.3. The van der Waals surface area contributed by atoms with Gasteiger partial charge in [-0.25, -0.2) is 4.98 Å². The van der Waals surface area contributed by atoms with Gasteiger partial charge in [-0.3, -0.25) is 14.4 Å². The number of hydrogen-bond acceptors (Lipinski definition) is 5. The Hall–Kier alpha value is -3.82. The number of likely N-dealkylation sites (N-methyl/N-ethyl adjacent to an activating group) is 1. The number of benzene rings is 2. The van der Waals surface area contributed by atoms with E-state index in [1.165, 1.54) is 30.1 Å². The quantitative estimate of drug-likeness (QED) is 0.612. The van der Waals surface area contributed by atoms with Crippen LogP contribution in [0.4, 0.5) is 8.78 Å². The third kappa shape index (κ3) is 5.16. The second-order valence-electron chi connectivity index (χ2n) is 6.37. The maximum absolute atomic E-state index is 12.3. The summed E-state index contributed by atoms with van der Waals surface area (Å²) >= 11 is 0. The average Bonchev–Trinajstić information content (AvgIpc) is 2.71. The smallest absolute Gasteiger partial charge is 0.387 e. The molecule has 0 aliphatic heterocycles. The van der Waals surface area contributed by atoms with Crippen molar-refractivity contribution in [3.8, 4) is 5.75 Å². The minimum atomic E-state index is -3.01. The Labute approximate surface area is 169 Å². The fourth-order valence-electron chi connectivity index (χ4n) is 2.73. The van der Waals surface area contributed by atoms with Gasteiger partial charge in [-0.2, -0.15) is 8.78 Å². The van der Waals surface area contributed by atoms with Crippen LogP contribution in [0.1, 0.15) is 16.2 Å². The van der Waals surface area contributed by atoms with Gasteiger partial charge in [0.05, 0.1) is 24.0 Å². The number of rotatable bonds is 7. The largest absolute Gasteiger partial charge is 0.435 e. The molecule has 2 aromatic carbocycles. The number of para-hydroxylation sites is 1. The van der Waals surface area contributed by atoms with E-state index in [0.717, 1.165) is 6.07 Å². The first-order valence-corrected chi connectivity index (χ1v) is 8.88. The highest BCUT2D eigenvalue weighted by molar-refractivity contribution is 5.96. The summed E-state index contributed by atoms with van der Waals surface area (Å²) in [5.74, 6) is -0.905. The van der Waals surface area contributed by atoms with Crippen molar-refractivity contribution < 1.29 is 23.1 Å². The van der Waals surface area contributed by atoms with Crippen molar-refractivity contribution in [2.75, 3.05) is 13.6 Å². The number of aromatic nitrogens is 2. The van der Waals surface area contributed by atoms with Gasteiger partial charge in [0.15, 0.2) is 0 Å². The zero-order valence-electron chi connectivity index (χ0n) is 15.9. The Kier molecular flexibility index (Phi) is 6.35. The van der Waals surface area contributed by atoms with E-state index in [0.29, 0.717) is 16.7 Å². The van der Waals surface area contributed by atoms with Crippen LogP contribution in [0, 0.1) is 0 Å². The molecule has 10 heteroatoms. The fourth-order valence-corrected chi connectivity index (χ4v) is 2.73. The monoisotopic (exact) mass is 416 g/mol. The first-order valence-electron chi connectivity index (χ1n) is 8.88. The zero-order chi connectivity index (χ0) is 21.7. The van der Waals surface area contributed by atoms with Crippen LogP contribution in [0.25, 0.3) is 10.9 Å². The van der Waals surface area contributed by atoms with Crippen molar-refractivity contribution in [2.24, 2.45) is 0 Å². The van der Waals surface area contributed by atoms with Gasteiger partial charge < -0.3 is 19.9 Å². The van der Waals surface area contributed by atoms with Crippen LogP contribution in [-0.4, -0.2) is 46.9 Å². The molecule has 3 rings (SSSR count). The van der Waals surface area contributed by atoms with E-state index < -0.39 is 18.4 Å². The SMILES string of the molecule is CN(Cc1nc2ccccc2c(=O)[nH]1)C(=O)CNC(=O)c1cccc(OC(F)F)c1. The predicted octanol–water partition coefficient (Wildman–Crippen LogP) is 1.91. The van der Waals surface area contributed by atoms with Crippen LogP contribution in [0.5, 0.6) is 5.75 Å². The van der Waals surface area contributed by atoms with Gasteiger partial charge in [-0.1, -0.05) is 18.2 Å². The number of amides is 2. The van der Waals surface area contributed by atoms with Crippen LogP contribution in [0.2, 0.25) is 0 Å². The summed E-state index contributed by atoms with van der Waals surface area (Å²) in [4.78, 5) is 44.8. The summed E-state index contributed by atoms with van der Waals surface area (Å²) in [6.07, 6.45) is 0. The van der Waals surface area contributed by atoms with Crippen LogP contribution in [0.3, 0.4) is 0 Å². The summed E-state index contributed by atoms with van der Waals surface area (Å²) in [6.45, 7) is -3.30. The van der Waals surface area contributed by atoms with Crippen molar-refractivity contribution in [2.45, 2.75) is 13.2 Å². The number of halogens is 2. The van der Waals surface area contributed by atoms with E-state index >= 15 is 0 Å². The van der Waals surface area contributed by atoms with Crippen molar-refractivity contribution >= 4 is 22.7 Å². The summed E-state index contributed by atoms with van der Waals surface area (Å²) in [7, 11) is 1.50. The summed E-state index contributed by atoms with van der Waals surface area (Å²) < 4.78 is 28.8. The van der Waals surface area contributed by atoms with E-state index in [9.17, 15) is 23.2 Å². The van der Waals surface area contributed by atoms with Crippen molar-refractivity contribution in [3.05, 3.63) is 70.3 Å². The van der Waals surface area contributed by atoms with Gasteiger partial charge in [-0.15, -0.1) is 0 Å². The second-order valence-corrected chi connectivity index (χ2v) is 6.37. The number of alkyl halides is 2. The standard InChI is InChI=1S/C20H18F2N4O4/c1-26(11-16-24-15-8-3-2-7-14(15)19(29)25-16)17(27)10-23-18(28)12-5-4-6-13(9-12)30-20(21)22/h2-9,20H,10-11H2,1H3,(H,23,28)(H,24,25,29). The number of H-pyrrole nitrogens is 1. The molecule has 3 aromatic rings. The van der Waals surface area contributed by atoms with Crippen LogP contribution >= 0.6 is 0 Å². The van der Waals surface area contributed by atoms with Crippen molar-refractivity contribution in [3.63, 3.8) is 0 Å². The third-order valence-electron chi connectivity index (χ3n) is 4.20. The summed E-state index contributed by atoms with van der Waals surface area (Å²) in [5, 5.41) is 2.87. The topological polar surface area (TPSA) is 104 Å². The van der Waals surface area contributed by atoms with Crippen molar-refractivity contribution in [1.82, 2.24) is 20.2 Å². The Morgan fingerprint density at radius 3 is 2.73 bits per heavy atom.